The molecule has 3 aromatic heterocycles. The molecular formula is C30H33N5O2S2. The minimum absolute atomic E-state index is 0.0677. The topological polar surface area (TPSA) is 80.1 Å². The average molecular weight is 560 g/mol. The summed E-state index contributed by atoms with van der Waals surface area (Å²) in [6, 6.07) is 14.0. The van der Waals surface area contributed by atoms with Crippen LogP contribution in [0.4, 0.5) is 5.82 Å². The molecule has 1 atom stereocenters. The van der Waals surface area contributed by atoms with Gasteiger partial charge in [-0.05, 0) is 60.2 Å². The maximum atomic E-state index is 13.8. The van der Waals surface area contributed by atoms with E-state index in [0.29, 0.717) is 12.4 Å². The van der Waals surface area contributed by atoms with Crippen molar-refractivity contribution in [3.63, 3.8) is 0 Å². The van der Waals surface area contributed by atoms with Gasteiger partial charge in [0.2, 0.25) is 11.8 Å². The average Bonchev–Trinajstić information content (AvgIpc) is 3.55. The van der Waals surface area contributed by atoms with Gasteiger partial charge in [-0.15, -0.1) is 23.1 Å². The normalized spacial score (nSPS) is 15.7. The Kier molecular flexibility index (Phi) is 7.64. The summed E-state index contributed by atoms with van der Waals surface area (Å²) in [5.41, 5.74) is 5.73. The molecule has 1 aliphatic rings. The molecule has 1 N–H and O–H groups in total. The zero-order valence-corrected chi connectivity index (χ0v) is 24.5. The van der Waals surface area contributed by atoms with E-state index in [1.165, 1.54) is 4.88 Å². The number of nitrogens with one attached hydrogen (secondary N) is 1. The molecule has 7 nitrogen and oxygen atoms in total. The van der Waals surface area contributed by atoms with Gasteiger partial charge in [0.05, 0.1) is 22.4 Å². The summed E-state index contributed by atoms with van der Waals surface area (Å²) in [5.74, 6) is 0.620. The van der Waals surface area contributed by atoms with Crippen molar-refractivity contribution in [3.8, 4) is 5.69 Å². The van der Waals surface area contributed by atoms with Crippen LogP contribution < -0.4 is 10.2 Å². The summed E-state index contributed by atoms with van der Waals surface area (Å²) >= 11 is 3.29. The third-order valence-electron chi connectivity index (χ3n) is 6.95. The lowest BCUT2D eigenvalue weighted by atomic mass is 9.88. The molecule has 1 aromatic carbocycles. The second-order valence-corrected chi connectivity index (χ2v) is 12.9. The molecule has 4 heterocycles. The third-order valence-corrected chi connectivity index (χ3v) is 9.27. The standard InChI is InChI=1S/C30H33N5O2S2/c1-19-8-6-9-22(20(19)2)35-29-26(28(33-35)30(3,4)5)27(23-10-7-15-38-23)39-18-25(37)34(29)17-24(36)32-16-21-11-13-31-14-12-21/h6-15,27H,16-18H2,1-5H3,(H,32,36)/t27-/m1/s1. The predicted octanol–water partition coefficient (Wildman–Crippen LogP) is 5.73. The van der Waals surface area contributed by atoms with E-state index in [0.717, 1.165) is 33.6 Å². The molecule has 0 radical (unpaired) electrons. The van der Waals surface area contributed by atoms with Crippen LogP contribution >= 0.6 is 23.1 Å². The number of thioether (sulfide) groups is 1. The molecular weight excluding hydrogens is 526 g/mol. The predicted molar refractivity (Wildman–Crippen MR) is 159 cm³/mol. The van der Waals surface area contributed by atoms with Crippen molar-refractivity contribution in [1.82, 2.24) is 20.1 Å². The first kappa shape index (κ1) is 27.1. The van der Waals surface area contributed by atoms with Crippen LogP contribution in [-0.2, 0) is 21.5 Å². The van der Waals surface area contributed by atoms with Gasteiger partial charge in [-0.25, -0.2) is 4.68 Å². The molecule has 0 aliphatic carbocycles. The fraction of sp³-hybridized carbons (Fsp3) is 0.333. The number of aryl methyl sites for hydroxylation is 1. The Morgan fingerprint density at radius 1 is 1.10 bits per heavy atom. The number of anilines is 1. The lowest BCUT2D eigenvalue weighted by Crippen LogP contribution is -2.42. The third kappa shape index (κ3) is 5.51. The van der Waals surface area contributed by atoms with Crippen molar-refractivity contribution in [2.24, 2.45) is 0 Å². The number of aromatic nitrogens is 3. The van der Waals surface area contributed by atoms with E-state index < -0.39 is 0 Å². The van der Waals surface area contributed by atoms with Crippen LogP contribution in [0.3, 0.4) is 0 Å². The second kappa shape index (κ2) is 11.0. The fourth-order valence-corrected chi connectivity index (χ4v) is 6.95. The Morgan fingerprint density at radius 2 is 1.87 bits per heavy atom. The van der Waals surface area contributed by atoms with E-state index >= 15 is 0 Å². The summed E-state index contributed by atoms with van der Waals surface area (Å²) < 4.78 is 1.90. The van der Waals surface area contributed by atoms with E-state index in [9.17, 15) is 9.59 Å². The van der Waals surface area contributed by atoms with Gasteiger partial charge in [0.15, 0.2) is 0 Å². The van der Waals surface area contributed by atoms with E-state index in [-0.39, 0.29) is 34.8 Å². The first-order valence-corrected chi connectivity index (χ1v) is 14.9. The van der Waals surface area contributed by atoms with Crippen molar-refractivity contribution in [3.05, 3.63) is 93.1 Å². The second-order valence-electron chi connectivity index (χ2n) is 10.8. The van der Waals surface area contributed by atoms with Gasteiger partial charge < -0.3 is 5.32 Å². The zero-order valence-electron chi connectivity index (χ0n) is 22.9. The molecule has 2 amide bonds. The number of hydrogen-bond donors (Lipinski definition) is 1. The van der Waals surface area contributed by atoms with Crippen molar-refractivity contribution in [2.45, 2.75) is 51.8 Å². The number of pyridine rings is 1. The smallest absolute Gasteiger partial charge is 0.240 e. The maximum Gasteiger partial charge on any atom is 0.240 e. The number of benzene rings is 1. The Labute approximate surface area is 237 Å². The number of thiophene rings is 1. The number of hydrogen-bond acceptors (Lipinski definition) is 6. The Hall–Kier alpha value is -3.43. The molecule has 4 aromatic rings. The Balaban J connectivity index is 1.66. The number of fused-ring (bicyclic) bond motifs is 1. The molecule has 0 saturated heterocycles. The maximum absolute atomic E-state index is 13.8. The van der Waals surface area contributed by atoms with Crippen LogP contribution in [0.2, 0.25) is 0 Å². The molecule has 0 bridgehead atoms. The van der Waals surface area contributed by atoms with E-state index in [2.05, 4.69) is 62.4 Å². The lowest BCUT2D eigenvalue weighted by Gasteiger charge is -2.24. The number of rotatable bonds is 6. The van der Waals surface area contributed by atoms with Crippen molar-refractivity contribution < 1.29 is 9.59 Å². The van der Waals surface area contributed by atoms with Crippen LogP contribution in [0, 0.1) is 13.8 Å². The highest BCUT2D eigenvalue weighted by Gasteiger charge is 2.40. The van der Waals surface area contributed by atoms with Gasteiger partial charge in [0.25, 0.3) is 0 Å². The molecule has 5 rings (SSSR count). The van der Waals surface area contributed by atoms with E-state index in [4.69, 9.17) is 5.10 Å². The van der Waals surface area contributed by atoms with E-state index in [1.807, 2.05) is 35.0 Å². The highest BCUT2D eigenvalue weighted by molar-refractivity contribution is 8.00. The highest BCUT2D eigenvalue weighted by atomic mass is 32.2. The summed E-state index contributed by atoms with van der Waals surface area (Å²) in [4.78, 5) is 33.9. The molecule has 0 fully saturated rings. The van der Waals surface area contributed by atoms with Gasteiger partial charge in [0, 0.05) is 34.8 Å². The fourth-order valence-electron chi connectivity index (χ4n) is 4.77. The summed E-state index contributed by atoms with van der Waals surface area (Å²) in [7, 11) is 0. The number of amides is 2. The summed E-state index contributed by atoms with van der Waals surface area (Å²) in [6.45, 7) is 10.9. The molecule has 0 spiro atoms. The minimum atomic E-state index is -0.286. The van der Waals surface area contributed by atoms with Gasteiger partial charge in [-0.1, -0.05) is 39.0 Å². The van der Waals surface area contributed by atoms with E-state index in [1.54, 1.807) is 40.4 Å². The quantitative estimate of drug-likeness (QED) is 0.326. The SMILES string of the molecule is Cc1cccc(-n2nc(C(C)(C)C)c3c2N(CC(=O)NCc2ccncc2)C(=O)CS[C@@H]3c2cccs2)c1C. The Morgan fingerprint density at radius 3 is 2.56 bits per heavy atom. The number of nitrogens with zero attached hydrogens (tertiary/aromatic N) is 4. The van der Waals surface area contributed by atoms with Crippen LogP contribution in [-0.4, -0.2) is 38.9 Å². The molecule has 39 heavy (non-hydrogen) atoms. The van der Waals surface area contributed by atoms with Gasteiger partial charge in [0.1, 0.15) is 12.4 Å². The molecule has 202 valence electrons. The largest absolute Gasteiger partial charge is 0.350 e. The first-order chi connectivity index (χ1) is 18.6. The zero-order chi connectivity index (χ0) is 27.7. The monoisotopic (exact) mass is 559 g/mol. The van der Waals surface area contributed by atoms with Crippen molar-refractivity contribution >= 4 is 40.7 Å². The Bertz CT molecular complexity index is 1490. The van der Waals surface area contributed by atoms with Gasteiger partial charge >= 0.3 is 0 Å². The molecule has 9 heteroatoms. The van der Waals surface area contributed by atoms with Crippen molar-refractivity contribution in [2.75, 3.05) is 17.2 Å². The minimum Gasteiger partial charge on any atom is -0.350 e. The van der Waals surface area contributed by atoms with Crippen LogP contribution in [0.1, 0.15) is 58.8 Å². The molecule has 0 unspecified atom stereocenters. The number of carbonyl (C=O) groups excluding carboxylic acids is 2. The molecule has 0 saturated carbocycles. The summed E-state index contributed by atoms with van der Waals surface area (Å²) in [6.07, 6.45) is 3.40. The van der Waals surface area contributed by atoms with Gasteiger partial charge in [-0.3, -0.25) is 19.5 Å². The lowest BCUT2D eigenvalue weighted by molar-refractivity contribution is -0.123. The first-order valence-electron chi connectivity index (χ1n) is 13.0. The van der Waals surface area contributed by atoms with Crippen molar-refractivity contribution in [1.29, 1.82) is 0 Å². The number of carbonyl (C=O) groups is 2. The molecule has 1 aliphatic heterocycles. The van der Waals surface area contributed by atoms with Crippen LogP contribution in [0.25, 0.3) is 5.69 Å². The highest BCUT2D eigenvalue weighted by Crippen LogP contribution is 2.49. The van der Waals surface area contributed by atoms with Crippen LogP contribution in [0.15, 0.2) is 60.2 Å². The summed E-state index contributed by atoms with van der Waals surface area (Å²) in [5, 5.41) is 10.2. The van der Waals surface area contributed by atoms with Gasteiger partial charge in [-0.2, -0.15) is 5.10 Å². The van der Waals surface area contributed by atoms with Crippen LogP contribution in [0.5, 0.6) is 0 Å².